The van der Waals surface area contributed by atoms with E-state index < -0.39 is 0 Å². The minimum atomic E-state index is 0.230. The first-order valence-corrected chi connectivity index (χ1v) is 7.02. The summed E-state index contributed by atoms with van der Waals surface area (Å²) in [6.07, 6.45) is 4.26. The molecule has 0 saturated heterocycles. The van der Waals surface area contributed by atoms with Gasteiger partial charge in [0.1, 0.15) is 5.75 Å². The van der Waals surface area contributed by atoms with Gasteiger partial charge >= 0.3 is 0 Å². The van der Waals surface area contributed by atoms with Crippen LogP contribution in [0.3, 0.4) is 0 Å². The van der Waals surface area contributed by atoms with Crippen LogP contribution in [0.15, 0.2) is 16.6 Å². The predicted molar refractivity (Wildman–Crippen MR) is 72.5 cm³/mol. The molecule has 0 unspecified atom stereocenters. The summed E-state index contributed by atoms with van der Waals surface area (Å²) in [4.78, 5) is 0. The van der Waals surface area contributed by atoms with Gasteiger partial charge in [-0.25, -0.2) is 0 Å². The average Bonchev–Trinajstić information content (AvgIpc) is 3.08. The number of hydrogen-bond acceptors (Lipinski definition) is 2. The fourth-order valence-corrected chi connectivity index (χ4v) is 2.63. The molecular weight excluding hydrogens is 280 g/mol. The van der Waals surface area contributed by atoms with Crippen molar-refractivity contribution in [2.45, 2.75) is 32.6 Å². The summed E-state index contributed by atoms with van der Waals surface area (Å²) in [5.74, 6) is 1.73. The van der Waals surface area contributed by atoms with Gasteiger partial charge in [0, 0.05) is 6.61 Å². The third-order valence-electron chi connectivity index (χ3n) is 3.03. The molecule has 0 spiro atoms. The fourth-order valence-electron chi connectivity index (χ4n) is 1.90. The van der Waals surface area contributed by atoms with Crippen molar-refractivity contribution in [1.82, 2.24) is 0 Å². The monoisotopic (exact) mass is 298 g/mol. The van der Waals surface area contributed by atoms with Crippen molar-refractivity contribution < 1.29 is 9.84 Å². The molecular formula is C14H19BrO2. The van der Waals surface area contributed by atoms with Gasteiger partial charge < -0.3 is 9.84 Å². The van der Waals surface area contributed by atoms with E-state index in [1.165, 1.54) is 24.0 Å². The Labute approximate surface area is 111 Å². The molecule has 1 N–H and O–H groups in total. The van der Waals surface area contributed by atoms with Gasteiger partial charge in [-0.05, 0) is 71.6 Å². The lowest BCUT2D eigenvalue weighted by Gasteiger charge is -2.14. The first kappa shape index (κ1) is 12.9. The molecule has 0 aliphatic heterocycles. The molecule has 1 aliphatic carbocycles. The molecule has 17 heavy (non-hydrogen) atoms. The van der Waals surface area contributed by atoms with E-state index in [-0.39, 0.29) is 6.61 Å². The molecule has 1 fully saturated rings. The number of rotatable bonds is 6. The molecule has 1 saturated carbocycles. The summed E-state index contributed by atoms with van der Waals surface area (Å²) >= 11 is 3.57. The molecule has 0 amide bonds. The quantitative estimate of drug-likeness (QED) is 0.871. The maximum absolute atomic E-state index is 8.93. The number of ether oxygens (including phenoxy) is 1. The molecule has 0 aromatic heterocycles. The highest BCUT2D eigenvalue weighted by molar-refractivity contribution is 9.10. The summed E-state index contributed by atoms with van der Waals surface area (Å²) in [5, 5.41) is 8.93. The summed E-state index contributed by atoms with van der Waals surface area (Å²) in [7, 11) is 0. The molecule has 1 aromatic carbocycles. The largest absolute Gasteiger partial charge is 0.492 e. The zero-order valence-electron chi connectivity index (χ0n) is 10.2. The van der Waals surface area contributed by atoms with Gasteiger partial charge in [-0.1, -0.05) is 6.07 Å². The van der Waals surface area contributed by atoms with Gasteiger partial charge in [0.05, 0.1) is 11.1 Å². The fraction of sp³-hybridized carbons (Fsp3) is 0.571. The van der Waals surface area contributed by atoms with Crippen molar-refractivity contribution in [2.24, 2.45) is 5.92 Å². The lowest BCUT2D eigenvalue weighted by molar-refractivity contribution is 0.281. The third kappa shape index (κ3) is 3.71. The zero-order chi connectivity index (χ0) is 12.3. The minimum absolute atomic E-state index is 0.230. The van der Waals surface area contributed by atoms with Crippen LogP contribution in [0.5, 0.6) is 5.75 Å². The Balaban J connectivity index is 2.12. The highest BCUT2D eigenvalue weighted by Gasteiger charge is 2.23. The van der Waals surface area contributed by atoms with Crippen molar-refractivity contribution in [3.05, 3.63) is 27.7 Å². The van der Waals surface area contributed by atoms with E-state index in [4.69, 9.17) is 9.84 Å². The van der Waals surface area contributed by atoms with Crippen molar-refractivity contribution in [3.63, 3.8) is 0 Å². The maximum atomic E-state index is 8.93. The normalized spacial score (nSPS) is 15.0. The topological polar surface area (TPSA) is 29.5 Å². The summed E-state index contributed by atoms with van der Waals surface area (Å²) in [6, 6.07) is 4.24. The lowest BCUT2D eigenvalue weighted by Crippen LogP contribution is -2.03. The van der Waals surface area contributed by atoms with Crippen LogP contribution in [0.1, 0.15) is 30.4 Å². The Kier molecular flexibility index (Phi) is 4.46. The molecule has 0 radical (unpaired) electrons. The molecule has 2 nitrogen and oxygen atoms in total. The van der Waals surface area contributed by atoms with Crippen LogP contribution < -0.4 is 4.74 Å². The first-order valence-electron chi connectivity index (χ1n) is 6.23. The van der Waals surface area contributed by atoms with Crippen molar-refractivity contribution in [2.75, 3.05) is 13.2 Å². The van der Waals surface area contributed by atoms with Crippen molar-refractivity contribution in [1.29, 1.82) is 0 Å². The van der Waals surface area contributed by atoms with E-state index in [0.717, 1.165) is 35.6 Å². The van der Waals surface area contributed by atoms with E-state index in [1.807, 2.05) is 0 Å². The first-order chi connectivity index (χ1) is 8.20. The molecule has 0 bridgehead atoms. The Morgan fingerprint density at radius 1 is 1.41 bits per heavy atom. The number of benzene rings is 1. The Hall–Kier alpha value is -0.540. The van der Waals surface area contributed by atoms with Crippen molar-refractivity contribution >= 4 is 15.9 Å². The molecule has 94 valence electrons. The van der Waals surface area contributed by atoms with Crippen LogP contribution in [-0.4, -0.2) is 18.3 Å². The second-order valence-electron chi connectivity index (χ2n) is 4.82. The smallest absolute Gasteiger partial charge is 0.136 e. The number of aliphatic hydroxyl groups excluding tert-OH is 1. The molecule has 1 aliphatic rings. The average molecular weight is 299 g/mol. The summed E-state index contributed by atoms with van der Waals surface area (Å²) in [5.41, 5.74) is 2.43. The molecule has 0 heterocycles. The van der Waals surface area contributed by atoms with Gasteiger partial charge in [-0.3, -0.25) is 0 Å². The van der Waals surface area contributed by atoms with Crippen LogP contribution in [0.25, 0.3) is 0 Å². The van der Waals surface area contributed by atoms with E-state index >= 15 is 0 Å². The van der Waals surface area contributed by atoms with Gasteiger partial charge in [0.2, 0.25) is 0 Å². The number of halogens is 1. The highest BCUT2D eigenvalue weighted by atomic mass is 79.9. The number of aryl methyl sites for hydroxylation is 2. The number of aliphatic hydroxyl groups is 1. The van der Waals surface area contributed by atoms with Gasteiger partial charge in [0.25, 0.3) is 0 Å². The van der Waals surface area contributed by atoms with Crippen LogP contribution in [-0.2, 0) is 6.42 Å². The standard InChI is InChI=1S/C14H19BrO2/c1-10-7-12(3-2-6-16)14(13(15)8-10)17-9-11-4-5-11/h7-8,11,16H,2-6,9H2,1H3. The second-order valence-corrected chi connectivity index (χ2v) is 5.67. The molecule has 3 heteroatoms. The minimum Gasteiger partial charge on any atom is -0.492 e. The Morgan fingerprint density at radius 3 is 2.82 bits per heavy atom. The Bertz CT molecular complexity index is 386. The van der Waals surface area contributed by atoms with Crippen molar-refractivity contribution in [3.8, 4) is 5.75 Å². The van der Waals surface area contributed by atoms with Crippen LogP contribution in [0.2, 0.25) is 0 Å². The van der Waals surface area contributed by atoms with Crippen LogP contribution in [0, 0.1) is 12.8 Å². The second kappa shape index (κ2) is 5.87. The van der Waals surface area contributed by atoms with Crippen LogP contribution in [0.4, 0.5) is 0 Å². The van der Waals surface area contributed by atoms with Crippen LogP contribution >= 0.6 is 15.9 Å². The Morgan fingerprint density at radius 2 is 2.18 bits per heavy atom. The van der Waals surface area contributed by atoms with Gasteiger partial charge in [0.15, 0.2) is 0 Å². The van der Waals surface area contributed by atoms with E-state index in [9.17, 15) is 0 Å². The van der Waals surface area contributed by atoms with Gasteiger partial charge in [-0.2, -0.15) is 0 Å². The highest BCUT2D eigenvalue weighted by Crippen LogP contribution is 2.35. The molecule has 1 aromatic rings. The molecule has 2 rings (SSSR count). The third-order valence-corrected chi connectivity index (χ3v) is 3.62. The number of hydrogen-bond donors (Lipinski definition) is 1. The molecule has 0 atom stereocenters. The summed E-state index contributed by atoms with van der Waals surface area (Å²) in [6.45, 7) is 3.14. The zero-order valence-corrected chi connectivity index (χ0v) is 11.8. The SMILES string of the molecule is Cc1cc(Br)c(OCC2CC2)c(CCCO)c1. The van der Waals surface area contributed by atoms with E-state index in [0.29, 0.717) is 0 Å². The predicted octanol–water partition coefficient (Wildman–Crippen LogP) is 3.47. The van der Waals surface area contributed by atoms with E-state index in [1.54, 1.807) is 0 Å². The summed E-state index contributed by atoms with van der Waals surface area (Å²) < 4.78 is 6.95. The van der Waals surface area contributed by atoms with E-state index in [2.05, 4.69) is 35.0 Å². The maximum Gasteiger partial charge on any atom is 0.136 e. The van der Waals surface area contributed by atoms with Gasteiger partial charge in [-0.15, -0.1) is 0 Å². The lowest BCUT2D eigenvalue weighted by atomic mass is 10.1.